The summed E-state index contributed by atoms with van der Waals surface area (Å²) in [6.07, 6.45) is 0.175. The molecule has 2 N–H and O–H groups in total. The molecule has 2 rings (SSSR count). The van der Waals surface area contributed by atoms with Gasteiger partial charge in [0.05, 0.1) is 19.3 Å². The first-order valence-electron chi connectivity index (χ1n) is 7.89. The molecule has 0 atom stereocenters. The van der Waals surface area contributed by atoms with E-state index in [-0.39, 0.29) is 31.2 Å². The number of amides is 1. The summed E-state index contributed by atoms with van der Waals surface area (Å²) in [5, 5.41) is 2.62. The fourth-order valence-electron chi connectivity index (χ4n) is 2.22. The van der Waals surface area contributed by atoms with Gasteiger partial charge in [-0.1, -0.05) is 42.5 Å². The van der Waals surface area contributed by atoms with Gasteiger partial charge in [-0.3, -0.25) is 4.79 Å². The molecule has 0 fully saturated rings. The average molecular weight is 362 g/mol. The first-order chi connectivity index (χ1) is 12.0. The van der Waals surface area contributed by atoms with E-state index in [9.17, 15) is 13.2 Å². The average Bonchev–Trinajstić information content (AvgIpc) is 2.61. The maximum atomic E-state index is 11.9. The summed E-state index contributed by atoms with van der Waals surface area (Å²) >= 11 is 0. The zero-order valence-electron chi connectivity index (χ0n) is 14.1. The van der Waals surface area contributed by atoms with Crippen molar-refractivity contribution in [1.29, 1.82) is 0 Å². The summed E-state index contributed by atoms with van der Waals surface area (Å²) < 4.78 is 31.5. The number of hydrogen-bond donors (Lipinski definition) is 2. The van der Waals surface area contributed by atoms with Crippen LogP contribution in [0.3, 0.4) is 0 Å². The molecule has 0 bridgehead atoms. The van der Waals surface area contributed by atoms with Gasteiger partial charge >= 0.3 is 0 Å². The van der Waals surface area contributed by atoms with Crippen molar-refractivity contribution in [2.75, 3.05) is 19.4 Å². The number of hydrogen-bond acceptors (Lipinski definition) is 4. The van der Waals surface area contributed by atoms with Gasteiger partial charge in [0.2, 0.25) is 15.9 Å². The van der Waals surface area contributed by atoms with Crippen molar-refractivity contribution in [2.24, 2.45) is 0 Å². The van der Waals surface area contributed by atoms with Gasteiger partial charge in [-0.2, -0.15) is 0 Å². The fraction of sp³-hybridized carbons (Fsp3) is 0.278. The molecule has 0 heterocycles. The molecule has 0 unspecified atom stereocenters. The van der Waals surface area contributed by atoms with Crippen LogP contribution in [0.1, 0.15) is 11.1 Å². The van der Waals surface area contributed by atoms with Crippen molar-refractivity contribution in [3.63, 3.8) is 0 Å². The molecule has 1 amide bonds. The number of carbonyl (C=O) groups excluding carboxylic acids is 1. The Labute approximate surface area is 148 Å². The minimum absolute atomic E-state index is 0.0624. The molecule has 25 heavy (non-hydrogen) atoms. The molecule has 0 aromatic heterocycles. The van der Waals surface area contributed by atoms with Crippen LogP contribution in [0.4, 0.5) is 0 Å². The van der Waals surface area contributed by atoms with E-state index in [1.54, 1.807) is 25.3 Å². The van der Waals surface area contributed by atoms with Crippen LogP contribution >= 0.6 is 0 Å². The second-order valence-corrected chi connectivity index (χ2v) is 7.43. The molecule has 6 nitrogen and oxygen atoms in total. The number of ether oxygens (including phenoxy) is 1. The lowest BCUT2D eigenvalue weighted by Crippen LogP contribution is -2.34. The normalized spacial score (nSPS) is 11.1. The molecule has 0 aliphatic carbocycles. The second kappa shape index (κ2) is 9.19. The van der Waals surface area contributed by atoms with E-state index in [4.69, 9.17) is 4.74 Å². The largest absolute Gasteiger partial charge is 0.497 e. The van der Waals surface area contributed by atoms with Crippen molar-refractivity contribution in [3.8, 4) is 5.75 Å². The third kappa shape index (κ3) is 6.94. The van der Waals surface area contributed by atoms with E-state index < -0.39 is 10.0 Å². The van der Waals surface area contributed by atoms with Gasteiger partial charge in [0.1, 0.15) is 5.75 Å². The van der Waals surface area contributed by atoms with Crippen LogP contribution in [0.25, 0.3) is 0 Å². The van der Waals surface area contributed by atoms with Crippen molar-refractivity contribution in [2.45, 2.75) is 13.0 Å². The quantitative estimate of drug-likeness (QED) is 0.708. The Hall–Kier alpha value is -2.38. The van der Waals surface area contributed by atoms with Crippen molar-refractivity contribution >= 4 is 15.9 Å². The maximum absolute atomic E-state index is 11.9. The first-order valence-corrected chi connectivity index (χ1v) is 9.54. The zero-order chi connectivity index (χ0) is 18.1. The second-order valence-electron chi connectivity index (χ2n) is 5.50. The van der Waals surface area contributed by atoms with Crippen molar-refractivity contribution in [1.82, 2.24) is 10.0 Å². The van der Waals surface area contributed by atoms with Crippen molar-refractivity contribution in [3.05, 3.63) is 65.7 Å². The summed E-state index contributed by atoms with van der Waals surface area (Å²) in [6, 6.07) is 16.5. The predicted molar refractivity (Wildman–Crippen MR) is 96.8 cm³/mol. The van der Waals surface area contributed by atoms with Crippen LogP contribution in [0.2, 0.25) is 0 Å². The minimum atomic E-state index is -3.44. The Balaban J connectivity index is 1.74. The monoisotopic (exact) mass is 362 g/mol. The lowest BCUT2D eigenvalue weighted by Gasteiger charge is -2.09. The highest BCUT2D eigenvalue weighted by molar-refractivity contribution is 7.89. The summed E-state index contributed by atoms with van der Waals surface area (Å²) in [5.74, 6) is 0.286. The van der Waals surface area contributed by atoms with E-state index in [1.165, 1.54) is 0 Å². The Morgan fingerprint density at radius 2 is 1.76 bits per heavy atom. The lowest BCUT2D eigenvalue weighted by molar-refractivity contribution is -0.120. The van der Waals surface area contributed by atoms with Gasteiger partial charge in [0.25, 0.3) is 0 Å². The van der Waals surface area contributed by atoms with Crippen LogP contribution in [-0.4, -0.2) is 33.7 Å². The number of rotatable bonds is 9. The van der Waals surface area contributed by atoms with Gasteiger partial charge in [-0.15, -0.1) is 0 Å². The van der Waals surface area contributed by atoms with E-state index in [2.05, 4.69) is 10.0 Å². The molecule has 0 saturated carbocycles. The molecule has 0 saturated heterocycles. The van der Waals surface area contributed by atoms with Crippen LogP contribution in [0.5, 0.6) is 5.75 Å². The zero-order valence-corrected chi connectivity index (χ0v) is 14.9. The molecule has 2 aromatic carbocycles. The molecule has 2 aromatic rings. The van der Waals surface area contributed by atoms with E-state index >= 15 is 0 Å². The molecule has 0 radical (unpaired) electrons. The SMILES string of the molecule is COc1cccc(CC(=O)NCCS(=O)(=O)NCc2ccccc2)c1. The summed E-state index contributed by atoms with van der Waals surface area (Å²) in [7, 11) is -1.88. The van der Waals surface area contributed by atoms with Crippen LogP contribution in [0, 0.1) is 0 Å². The number of methoxy groups -OCH3 is 1. The van der Waals surface area contributed by atoms with Crippen LogP contribution < -0.4 is 14.8 Å². The topological polar surface area (TPSA) is 84.5 Å². The highest BCUT2D eigenvalue weighted by atomic mass is 32.2. The standard InChI is InChI=1S/C18H22N2O4S/c1-24-17-9-5-8-16(12-17)13-18(21)19-10-11-25(22,23)20-14-15-6-3-2-4-7-15/h2-9,12,20H,10-11,13-14H2,1H3,(H,19,21). The Kier molecular flexibility index (Phi) is 6.97. The maximum Gasteiger partial charge on any atom is 0.224 e. The van der Waals surface area contributed by atoms with E-state index in [1.807, 2.05) is 36.4 Å². The summed E-state index contributed by atoms with van der Waals surface area (Å²) in [5.41, 5.74) is 1.69. The summed E-state index contributed by atoms with van der Waals surface area (Å²) in [6.45, 7) is 0.299. The predicted octanol–water partition coefficient (Wildman–Crippen LogP) is 1.47. The van der Waals surface area contributed by atoms with Gasteiger partial charge < -0.3 is 10.1 Å². The lowest BCUT2D eigenvalue weighted by atomic mass is 10.1. The number of nitrogens with one attached hydrogen (secondary N) is 2. The van der Waals surface area contributed by atoms with Crippen molar-refractivity contribution < 1.29 is 17.9 Å². The molecule has 0 aliphatic rings. The highest BCUT2D eigenvalue weighted by Crippen LogP contribution is 2.12. The van der Waals surface area contributed by atoms with Crippen LogP contribution in [0.15, 0.2) is 54.6 Å². The molecular weight excluding hydrogens is 340 g/mol. The third-order valence-corrected chi connectivity index (χ3v) is 4.86. The van der Waals surface area contributed by atoms with Crippen LogP contribution in [-0.2, 0) is 27.8 Å². The van der Waals surface area contributed by atoms with Gasteiger partial charge in [0.15, 0.2) is 0 Å². The molecule has 0 spiro atoms. The third-order valence-electron chi connectivity index (χ3n) is 3.53. The fourth-order valence-corrected chi connectivity index (χ4v) is 3.12. The Morgan fingerprint density at radius 3 is 2.48 bits per heavy atom. The molecule has 0 aliphatic heterocycles. The van der Waals surface area contributed by atoms with Gasteiger partial charge in [-0.25, -0.2) is 13.1 Å². The Bertz CT molecular complexity index is 792. The highest BCUT2D eigenvalue weighted by Gasteiger charge is 2.11. The summed E-state index contributed by atoms with van der Waals surface area (Å²) in [4.78, 5) is 11.9. The smallest absolute Gasteiger partial charge is 0.224 e. The minimum Gasteiger partial charge on any atom is -0.497 e. The molecule has 134 valence electrons. The van der Waals surface area contributed by atoms with Gasteiger partial charge in [0, 0.05) is 13.1 Å². The molecular formula is C18H22N2O4S. The molecule has 7 heteroatoms. The Morgan fingerprint density at radius 1 is 1.04 bits per heavy atom. The number of benzene rings is 2. The first kappa shape index (κ1) is 19.0. The number of carbonyl (C=O) groups is 1. The van der Waals surface area contributed by atoms with Gasteiger partial charge in [-0.05, 0) is 23.3 Å². The van der Waals surface area contributed by atoms with E-state index in [0.717, 1.165) is 11.1 Å². The van der Waals surface area contributed by atoms with E-state index in [0.29, 0.717) is 5.75 Å². The number of sulfonamides is 1.